The van der Waals surface area contributed by atoms with Crippen LogP contribution in [0, 0.1) is 0 Å². The summed E-state index contributed by atoms with van der Waals surface area (Å²) in [5.74, 6) is 2.69. The Balaban J connectivity index is 1.52. The van der Waals surface area contributed by atoms with Gasteiger partial charge in [-0.1, -0.05) is 57.2 Å². The van der Waals surface area contributed by atoms with Gasteiger partial charge in [-0.25, -0.2) is 4.98 Å². The van der Waals surface area contributed by atoms with Gasteiger partial charge in [0.25, 0.3) is 0 Å². The molecule has 4 nitrogen and oxygen atoms in total. The summed E-state index contributed by atoms with van der Waals surface area (Å²) in [4.78, 5) is 4.94. The van der Waals surface area contributed by atoms with Crippen LogP contribution in [0.2, 0.25) is 0 Å². The summed E-state index contributed by atoms with van der Waals surface area (Å²) < 4.78 is 13.4. The molecule has 0 saturated heterocycles. The Bertz CT molecular complexity index is 1140. The normalized spacial score (nSPS) is 11.6. The maximum absolute atomic E-state index is 5.93. The first-order valence-corrected chi connectivity index (χ1v) is 10.8. The minimum Gasteiger partial charge on any atom is -0.497 e. The Hall–Kier alpha value is -3.27. The number of imidazole rings is 1. The van der Waals surface area contributed by atoms with Crippen molar-refractivity contribution in [1.29, 1.82) is 0 Å². The fraction of sp³-hybridized carbons (Fsp3) is 0.296. The van der Waals surface area contributed by atoms with Gasteiger partial charge in [0.2, 0.25) is 0 Å². The van der Waals surface area contributed by atoms with Crippen molar-refractivity contribution < 1.29 is 9.47 Å². The number of hydrogen-bond donors (Lipinski definition) is 0. The molecule has 4 aromatic rings. The molecule has 0 bridgehead atoms. The zero-order valence-electron chi connectivity index (χ0n) is 18.8. The Morgan fingerprint density at radius 3 is 2.19 bits per heavy atom. The van der Waals surface area contributed by atoms with Crippen LogP contribution in [0.4, 0.5) is 0 Å². The summed E-state index contributed by atoms with van der Waals surface area (Å²) in [5.41, 5.74) is 4.78. The highest BCUT2D eigenvalue weighted by atomic mass is 16.5. The Kier molecular flexibility index (Phi) is 5.99. The molecule has 1 heterocycles. The van der Waals surface area contributed by atoms with Gasteiger partial charge in [0.1, 0.15) is 17.3 Å². The lowest BCUT2D eigenvalue weighted by molar-refractivity contribution is 0.302. The van der Waals surface area contributed by atoms with Crippen molar-refractivity contribution in [2.45, 2.75) is 39.2 Å². The largest absolute Gasteiger partial charge is 0.497 e. The van der Waals surface area contributed by atoms with Crippen LogP contribution >= 0.6 is 0 Å². The summed E-state index contributed by atoms with van der Waals surface area (Å²) in [6.07, 6.45) is 0.888. The first kappa shape index (κ1) is 21.0. The number of fused-ring (bicyclic) bond motifs is 1. The van der Waals surface area contributed by atoms with Gasteiger partial charge in [-0.05, 0) is 53.8 Å². The minimum absolute atomic E-state index is 0.136. The van der Waals surface area contributed by atoms with Gasteiger partial charge in [-0.15, -0.1) is 0 Å². The molecule has 160 valence electrons. The maximum Gasteiger partial charge on any atom is 0.141 e. The number of benzene rings is 3. The second-order valence-electron chi connectivity index (χ2n) is 8.78. The van der Waals surface area contributed by atoms with Crippen molar-refractivity contribution in [2.75, 3.05) is 13.7 Å². The van der Waals surface area contributed by atoms with E-state index in [9.17, 15) is 0 Å². The SMILES string of the molecule is COc1ccc(OCCCn2c(-c3ccc(C(C)(C)C)cc3)nc3ccccc32)cc1. The summed E-state index contributed by atoms with van der Waals surface area (Å²) in [6.45, 7) is 8.19. The fourth-order valence-corrected chi connectivity index (χ4v) is 3.73. The molecular formula is C27H30N2O2. The average Bonchev–Trinajstić information content (AvgIpc) is 3.15. The molecule has 0 radical (unpaired) electrons. The van der Waals surface area contributed by atoms with E-state index in [0.29, 0.717) is 6.61 Å². The maximum atomic E-state index is 5.93. The van der Waals surface area contributed by atoms with Gasteiger partial charge in [-0.2, -0.15) is 0 Å². The molecular weight excluding hydrogens is 384 g/mol. The molecule has 1 aromatic heterocycles. The van der Waals surface area contributed by atoms with E-state index in [1.165, 1.54) is 5.56 Å². The van der Waals surface area contributed by atoms with E-state index in [1.807, 2.05) is 30.3 Å². The van der Waals surface area contributed by atoms with Gasteiger partial charge >= 0.3 is 0 Å². The van der Waals surface area contributed by atoms with E-state index in [2.05, 4.69) is 67.8 Å². The Labute approximate surface area is 184 Å². The van der Waals surface area contributed by atoms with E-state index in [-0.39, 0.29) is 5.41 Å². The zero-order valence-corrected chi connectivity index (χ0v) is 18.8. The van der Waals surface area contributed by atoms with Crippen molar-refractivity contribution >= 4 is 11.0 Å². The summed E-state index contributed by atoms with van der Waals surface area (Å²) >= 11 is 0. The van der Waals surface area contributed by atoms with Crippen molar-refractivity contribution in [3.05, 3.63) is 78.4 Å². The molecule has 4 rings (SSSR count). The molecule has 0 aliphatic rings. The third kappa shape index (κ3) is 4.74. The number of aromatic nitrogens is 2. The number of methoxy groups -OCH3 is 1. The number of hydrogen-bond acceptors (Lipinski definition) is 3. The predicted octanol–water partition coefficient (Wildman–Crippen LogP) is 6.48. The third-order valence-electron chi connectivity index (χ3n) is 5.52. The van der Waals surface area contributed by atoms with Crippen LogP contribution in [0.1, 0.15) is 32.8 Å². The first-order valence-electron chi connectivity index (χ1n) is 10.8. The second-order valence-corrected chi connectivity index (χ2v) is 8.78. The molecule has 0 aliphatic carbocycles. The topological polar surface area (TPSA) is 36.3 Å². The lowest BCUT2D eigenvalue weighted by Crippen LogP contribution is -2.10. The number of nitrogens with zero attached hydrogens (tertiary/aromatic N) is 2. The molecule has 0 atom stereocenters. The van der Waals surface area contributed by atoms with E-state index < -0.39 is 0 Å². The highest BCUT2D eigenvalue weighted by Gasteiger charge is 2.16. The monoisotopic (exact) mass is 414 g/mol. The van der Waals surface area contributed by atoms with Gasteiger partial charge in [0.05, 0.1) is 24.8 Å². The molecule has 0 N–H and O–H groups in total. The van der Waals surface area contributed by atoms with Gasteiger partial charge < -0.3 is 14.0 Å². The Morgan fingerprint density at radius 2 is 1.52 bits per heavy atom. The van der Waals surface area contributed by atoms with Gasteiger partial charge in [0.15, 0.2) is 0 Å². The molecule has 0 aliphatic heterocycles. The molecule has 0 unspecified atom stereocenters. The molecule has 0 saturated carbocycles. The van der Waals surface area contributed by atoms with Crippen molar-refractivity contribution in [1.82, 2.24) is 9.55 Å². The molecule has 3 aromatic carbocycles. The van der Waals surface area contributed by atoms with Crippen molar-refractivity contribution in [3.8, 4) is 22.9 Å². The Morgan fingerprint density at radius 1 is 0.839 bits per heavy atom. The highest BCUT2D eigenvalue weighted by Crippen LogP contribution is 2.28. The number of aryl methyl sites for hydroxylation is 1. The van der Waals surface area contributed by atoms with Crippen LogP contribution in [-0.2, 0) is 12.0 Å². The van der Waals surface area contributed by atoms with E-state index >= 15 is 0 Å². The van der Waals surface area contributed by atoms with E-state index in [4.69, 9.17) is 14.5 Å². The van der Waals surface area contributed by atoms with E-state index in [0.717, 1.165) is 46.9 Å². The molecule has 0 spiro atoms. The third-order valence-corrected chi connectivity index (χ3v) is 5.52. The first-order chi connectivity index (χ1) is 15.0. The van der Waals surface area contributed by atoms with Crippen LogP contribution in [0.5, 0.6) is 11.5 Å². The highest BCUT2D eigenvalue weighted by molar-refractivity contribution is 5.80. The summed E-state index contributed by atoms with van der Waals surface area (Å²) in [5, 5.41) is 0. The molecule has 0 amide bonds. The van der Waals surface area contributed by atoms with E-state index in [1.54, 1.807) is 7.11 Å². The van der Waals surface area contributed by atoms with Crippen molar-refractivity contribution in [3.63, 3.8) is 0 Å². The number of para-hydroxylation sites is 2. The second kappa shape index (κ2) is 8.84. The lowest BCUT2D eigenvalue weighted by Gasteiger charge is -2.19. The van der Waals surface area contributed by atoms with Crippen LogP contribution in [0.3, 0.4) is 0 Å². The van der Waals surface area contributed by atoms with Gasteiger partial charge in [-0.3, -0.25) is 0 Å². The van der Waals surface area contributed by atoms with Crippen molar-refractivity contribution in [2.24, 2.45) is 0 Å². The quantitative estimate of drug-likeness (QED) is 0.325. The fourth-order valence-electron chi connectivity index (χ4n) is 3.73. The zero-order chi connectivity index (χ0) is 21.8. The van der Waals surface area contributed by atoms with Crippen LogP contribution in [0.15, 0.2) is 72.8 Å². The number of rotatable bonds is 7. The predicted molar refractivity (Wildman–Crippen MR) is 127 cm³/mol. The van der Waals surface area contributed by atoms with Crippen LogP contribution < -0.4 is 9.47 Å². The average molecular weight is 415 g/mol. The van der Waals surface area contributed by atoms with Gasteiger partial charge in [0, 0.05) is 12.1 Å². The summed E-state index contributed by atoms with van der Waals surface area (Å²) in [6, 6.07) is 24.8. The lowest BCUT2D eigenvalue weighted by atomic mass is 9.87. The molecule has 0 fully saturated rings. The minimum atomic E-state index is 0.136. The van der Waals surface area contributed by atoms with Crippen LogP contribution in [0.25, 0.3) is 22.4 Å². The molecule has 31 heavy (non-hydrogen) atoms. The molecule has 4 heteroatoms. The van der Waals surface area contributed by atoms with Crippen LogP contribution in [-0.4, -0.2) is 23.3 Å². The summed E-state index contributed by atoms with van der Waals surface area (Å²) in [7, 11) is 1.67. The smallest absolute Gasteiger partial charge is 0.141 e. The standard InChI is InChI=1S/C27H30N2O2/c1-27(2,3)21-12-10-20(11-13-21)26-28-24-8-5-6-9-25(24)29(26)18-7-19-31-23-16-14-22(30-4)15-17-23/h5-6,8-17H,7,18-19H2,1-4H3. The number of ether oxygens (including phenoxy) is 2.